The number of amides is 1. The maximum atomic E-state index is 12.9. The average molecular weight is 395 g/mol. The van der Waals surface area contributed by atoms with E-state index < -0.39 is 18.0 Å². The lowest BCUT2D eigenvalue weighted by atomic mass is 9.99. The minimum absolute atomic E-state index is 0.00332. The van der Waals surface area contributed by atoms with Crippen molar-refractivity contribution >= 4 is 5.91 Å². The van der Waals surface area contributed by atoms with E-state index in [2.05, 4.69) is 10.3 Å². The number of halogens is 3. The number of carbonyl (C=O) groups is 1. The van der Waals surface area contributed by atoms with E-state index in [0.29, 0.717) is 24.6 Å². The highest BCUT2D eigenvalue weighted by molar-refractivity contribution is 5.92. The summed E-state index contributed by atoms with van der Waals surface area (Å²) < 4.78 is 51.2. The van der Waals surface area contributed by atoms with Crippen LogP contribution < -0.4 is 14.8 Å². The van der Waals surface area contributed by atoms with Gasteiger partial charge < -0.3 is 19.4 Å². The van der Waals surface area contributed by atoms with E-state index in [4.69, 9.17) is 9.47 Å². The molecule has 3 heterocycles. The molecule has 9 heteroatoms. The van der Waals surface area contributed by atoms with Gasteiger partial charge in [0, 0.05) is 19.2 Å². The Hall–Kier alpha value is -2.71. The molecule has 0 fully saturated rings. The Labute approximate surface area is 159 Å². The van der Waals surface area contributed by atoms with E-state index in [1.54, 1.807) is 7.11 Å². The number of nitrogens with zero attached hydrogens (tertiary/aromatic N) is 2. The minimum Gasteiger partial charge on any atom is -0.497 e. The Bertz CT molecular complexity index is 894. The number of fused-ring (bicyclic) bond motifs is 2. The quantitative estimate of drug-likeness (QED) is 0.868. The molecule has 1 N–H and O–H groups in total. The van der Waals surface area contributed by atoms with Crippen LogP contribution in [0.2, 0.25) is 0 Å². The zero-order chi connectivity index (χ0) is 19.9. The summed E-state index contributed by atoms with van der Waals surface area (Å²) in [5.74, 6) is 0.159. The van der Waals surface area contributed by atoms with Crippen molar-refractivity contribution in [1.29, 1.82) is 0 Å². The van der Waals surface area contributed by atoms with Crippen molar-refractivity contribution in [2.45, 2.75) is 38.0 Å². The lowest BCUT2D eigenvalue weighted by molar-refractivity contribution is -0.182. The molecule has 0 spiro atoms. The summed E-state index contributed by atoms with van der Waals surface area (Å²) in [6.45, 7) is 0.119. The number of methoxy groups -OCH3 is 1. The molecule has 0 radical (unpaired) electrons. The molecule has 0 aliphatic carbocycles. The summed E-state index contributed by atoms with van der Waals surface area (Å²) in [4.78, 5) is 16.8. The molecule has 2 aliphatic rings. The highest BCUT2D eigenvalue weighted by Crippen LogP contribution is 2.34. The van der Waals surface area contributed by atoms with Crippen LogP contribution in [0.25, 0.3) is 0 Å². The van der Waals surface area contributed by atoms with Gasteiger partial charge in [-0.1, -0.05) is 0 Å². The number of alkyl halides is 3. The van der Waals surface area contributed by atoms with Gasteiger partial charge in [-0.15, -0.1) is 0 Å². The minimum atomic E-state index is -4.24. The molecule has 2 aromatic rings. The van der Waals surface area contributed by atoms with Crippen molar-refractivity contribution in [2.75, 3.05) is 13.7 Å². The van der Waals surface area contributed by atoms with Crippen molar-refractivity contribution in [2.24, 2.45) is 5.92 Å². The molecule has 0 saturated heterocycles. The number of benzene rings is 1. The van der Waals surface area contributed by atoms with Crippen molar-refractivity contribution in [1.82, 2.24) is 14.9 Å². The monoisotopic (exact) mass is 395 g/mol. The van der Waals surface area contributed by atoms with Gasteiger partial charge in [0.05, 0.1) is 19.1 Å². The second-order valence-corrected chi connectivity index (χ2v) is 7.13. The number of carbonyl (C=O) groups excluding carboxylic acids is 1. The van der Waals surface area contributed by atoms with E-state index in [0.717, 1.165) is 11.3 Å². The van der Waals surface area contributed by atoms with Gasteiger partial charge in [-0.05, 0) is 36.6 Å². The Morgan fingerprint density at radius 1 is 1.39 bits per heavy atom. The Morgan fingerprint density at radius 3 is 2.96 bits per heavy atom. The number of ether oxygens (including phenoxy) is 2. The Morgan fingerprint density at radius 2 is 2.21 bits per heavy atom. The zero-order valence-electron chi connectivity index (χ0n) is 15.3. The molecule has 6 nitrogen and oxygen atoms in total. The molecule has 0 bridgehead atoms. The van der Waals surface area contributed by atoms with Gasteiger partial charge >= 0.3 is 6.18 Å². The first-order valence-corrected chi connectivity index (χ1v) is 9.07. The smallest absolute Gasteiger partial charge is 0.393 e. The molecule has 1 amide bonds. The summed E-state index contributed by atoms with van der Waals surface area (Å²) in [5.41, 5.74) is 1.06. The van der Waals surface area contributed by atoms with Gasteiger partial charge in [0.2, 0.25) is 0 Å². The van der Waals surface area contributed by atoms with Gasteiger partial charge in [0.15, 0.2) is 0 Å². The molecule has 2 atom stereocenters. The molecular weight excluding hydrogens is 375 g/mol. The van der Waals surface area contributed by atoms with Gasteiger partial charge in [-0.3, -0.25) is 4.79 Å². The molecule has 4 rings (SSSR count). The first-order chi connectivity index (χ1) is 13.3. The lowest BCUT2D eigenvalue weighted by Gasteiger charge is -2.26. The predicted molar refractivity (Wildman–Crippen MR) is 93.5 cm³/mol. The summed E-state index contributed by atoms with van der Waals surface area (Å²) in [6.07, 6.45) is -2.06. The number of aromatic nitrogens is 2. The van der Waals surface area contributed by atoms with Crippen LogP contribution in [0, 0.1) is 5.92 Å². The van der Waals surface area contributed by atoms with Crippen LogP contribution in [0.4, 0.5) is 13.2 Å². The van der Waals surface area contributed by atoms with Crippen molar-refractivity contribution in [3.05, 3.63) is 41.5 Å². The number of rotatable bonds is 3. The van der Waals surface area contributed by atoms with E-state index in [-0.39, 0.29) is 31.1 Å². The Balaban J connectivity index is 1.43. The highest BCUT2D eigenvalue weighted by Gasteiger charge is 2.41. The van der Waals surface area contributed by atoms with E-state index >= 15 is 0 Å². The Kier molecular flexibility index (Phi) is 4.68. The molecule has 1 aromatic carbocycles. The molecule has 1 aromatic heterocycles. The van der Waals surface area contributed by atoms with Crippen LogP contribution in [0.1, 0.15) is 28.3 Å². The highest BCUT2D eigenvalue weighted by atomic mass is 19.4. The van der Waals surface area contributed by atoms with Gasteiger partial charge in [-0.2, -0.15) is 13.2 Å². The lowest BCUT2D eigenvalue weighted by Crippen LogP contribution is -2.42. The van der Waals surface area contributed by atoms with Gasteiger partial charge in [0.25, 0.3) is 5.91 Å². The summed E-state index contributed by atoms with van der Waals surface area (Å²) in [5, 5.41) is 2.86. The summed E-state index contributed by atoms with van der Waals surface area (Å²) in [7, 11) is 1.58. The predicted octanol–water partition coefficient (Wildman–Crippen LogP) is 2.75. The summed E-state index contributed by atoms with van der Waals surface area (Å²) >= 11 is 0. The van der Waals surface area contributed by atoms with E-state index in [9.17, 15) is 18.0 Å². The third kappa shape index (κ3) is 3.65. The normalized spacial score (nSPS) is 21.3. The fourth-order valence-electron chi connectivity index (χ4n) is 3.67. The maximum absolute atomic E-state index is 12.9. The number of aryl methyl sites for hydroxylation is 1. The number of imidazole rings is 1. The molecule has 150 valence electrons. The summed E-state index contributed by atoms with van der Waals surface area (Å²) in [6, 6.07) is 5.24. The zero-order valence-corrected chi connectivity index (χ0v) is 15.3. The second-order valence-electron chi connectivity index (χ2n) is 7.13. The number of hydrogen-bond donors (Lipinski definition) is 1. The number of nitrogens with one attached hydrogen (secondary N) is 1. The van der Waals surface area contributed by atoms with E-state index in [1.165, 1.54) is 10.8 Å². The first kappa shape index (κ1) is 18.6. The third-order valence-corrected chi connectivity index (χ3v) is 5.20. The van der Waals surface area contributed by atoms with Crippen molar-refractivity contribution < 1.29 is 27.4 Å². The van der Waals surface area contributed by atoms with Crippen LogP contribution in [-0.2, 0) is 19.4 Å². The largest absolute Gasteiger partial charge is 0.497 e. The topological polar surface area (TPSA) is 65.4 Å². The second kappa shape index (κ2) is 7.03. The SMILES string of the molecule is COc1ccc2c(c1)CC(NC(=O)c1cn3c(n1)CCC(C(F)(F)F)C3)CO2. The van der Waals surface area contributed by atoms with Crippen LogP contribution in [0.15, 0.2) is 24.4 Å². The number of hydrogen-bond acceptors (Lipinski definition) is 4. The third-order valence-electron chi connectivity index (χ3n) is 5.20. The maximum Gasteiger partial charge on any atom is 0.393 e. The fourth-order valence-corrected chi connectivity index (χ4v) is 3.67. The van der Waals surface area contributed by atoms with Gasteiger partial charge in [0.1, 0.15) is 29.6 Å². The van der Waals surface area contributed by atoms with Crippen molar-refractivity contribution in [3.8, 4) is 11.5 Å². The fraction of sp³-hybridized carbons (Fsp3) is 0.474. The molecule has 2 aliphatic heterocycles. The van der Waals surface area contributed by atoms with Crippen LogP contribution in [-0.4, -0.2) is 41.4 Å². The van der Waals surface area contributed by atoms with E-state index in [1.807, 2.05) is 18.2 Å². The molecule has 28 heavy (non-hydrogen) atoms. The standard InChI is InChI=1S/C19H20F3N3O3/c1-27-14-3-4-16-11(7-14)6-13(10-28-16)23-18(26)15-9-25-8-12(19(20,21)22)2-5-17(25)24-15/h3-4,7,9,12-13H,2,5-6,8,10H2,1H3,(H,23,26). The molecule has 0 saturated carbocycles. The first-order valence-electron chi connectivity index (χ1n) is 9.07. The molecular formula is C19H20F3N3O3. The van der Waals surface area contributed by atoms with Crippen LogP contribution >= 0.6 is 0 Å². The van der Waals surface area contributed by atoms with Crippen molar-refractivity contribution in [3.63, 3.8) is 0 Å². The average Bonchev–Trinajstić information content (AvgIpc) is 3.10. The van der Waals surface area contributed by atoms with Crippen LogP contribution in [0.5, 0.6) is 11.5 Å². The van der Waals surface area contributed by atoms with Crippen LogP contribution in [0.3, 0.4) is 0 Å². The van der Waals surface area contributed by atoms with Gasteiger partial charge in [-0.25, -0.2) is 4.98 Å². The molecule has 2 unspecified atom stereocenters.